The van der Waals surface area contributed by atoms with E-state index in [9.17, 15) is 0 Å². The molecule has 0 spiro atoms. The van der Waals surface area contributed by atoms with Crippen LogP contribution in [0, 0.1) is 11.3 Å². The SMILES string of the molecule is CCN(CC1(CNC(C)C)CCCC(C)C1)C(C)COC. The molecule has 3 heteroatoms. The van der Waals surface area contributed by atoms with Crippen LogP contribution in [0.1, 0.15) is 60.3 Å². The molecule has 0 aromatic rings. The lowest BCUT2D eigenvalue weighted by Gasteiger charge is -2.45. The summed E-state index contributed by atoms with van der Waals surface area (Å²) in [6.45, 7) is 15.8. The van der Waals surface area contributed by atoms with Gasteiger partial charge in [0.2, 0.25) is 0 Å². The molecule has 1 rings (SSSR count). The second-order valence-corrected chi connectivity index (χ2v) is 7.60. The van der Waals surface area contributed by atoms with Gasteiger partial charge < -0.3 is 10.1 Å². The molecular formula is C18H38N2O. The molecule has 0 amide bonds. The summed E-state index contributed by atoms with van der Waals surface area (Å²) in [6, 6.07) is 1.08. The van der Waals surface area contributed by atoms with Gasteiger partial charge in [0.25, 0.3) is 0 Å². The molecule has 0 saturated heterocycles. The number of nitrogens with one attached hydrogen (secondary N) is 1. The minimum Gasteiger partial charge on any atom is -0.383 e. The summed E-state index contributed by atoms with van der Waals surface area (Å²) >= 11 is 0. The van der Waals surface area contributed by atoms with Gasteiger partial charge in [-0.15, -0.1) is 0 Å². The van der Waals surface area contributed by atoms with E-state index in [1.807, 2.05) is 7.11 Å². The van der Waals surface area contributed by atoms with Crippen LogP contribution in [0.4, 0.5) is 0 Å². The number of likely N-dealkylation sites (N-methyl/N-ethyl adjacent to an activating group) is 1. The van der Waals surface area contributed by atoms with E-state index in [1.54, 1.807) is 0 Å². The maximum atomic E-state index is 5.37. The van der Waals surface area contributed by atoms with E-state index in [0.717, 1.165) is 25.6 Å². The molecule has 1 aliphatic carbocycles. The van der Waals surface area contributed by atoms with Gasteiger partial charge in [-0.05, 0) is 37.6 Å². The zero-order valence-electron chi connectivity index (χ0n) is 15.2. The lowest BCUT2D eigenvalue weighted by atomic mass is 9.69. The Bertz CT molecular complexity index is 282. The molecule has 1 fully saturated rings. The van der Waals surface area contributed by atoms with Gasteiger partial charge in [-0.2, -0.15) is 0 Å². The van der Waals surface area contributed by atoms with E-state index < -0.39 is 0 Å². The van der Waals surface area contributed by atoms with Crippen molar-refractivity contribution in [3.8, 4) is 0 Å². The van der Waals surface area contributed by atoms with Gasteiger partial charge in [0.1, 0.15) is 0 Å². The summed E-state index contributed by atoms with van der Waals surface area (Å²) in [7, 11) is 1.81. The monoisotopic (exact) mass is 298 g/mol. The summed E-state index contributed by atoms with van der Waals surface area (Å²) in [5.74, 6) is 0.865. The third-order valence-corrected chi connectivity index (χ3v) is 5.05. The molecule has 126 valence electrons. The van der Waals surface area contributed by atoms with Crippen molar-refractivity contribution in [1.82, 2.24) is 10.2 Å². The third-order valence-electron chi connectivity index (χ3n) is 5.05. The standard InChI is InChI=1S/C18H38N2O/c1-7-20(17(5)12-21-6)14-18(13-19-15(2)3)10-8-9-16(4)11-18/h15-17,19H,7-14H2,1-6H3. The second-order valence-electron chi connectivity index (χ2n) is 7.60. The Balaban J connectivity index is 2.74. The van der Waals surface area contributed by atoms with E-state index in [1.165, 1.54) is 32.2 Å². The number of hydrogen-bond acceptors (Lipinski definition) is 3. The van der Waals surface area contributed by atoms with Crippen LogP contribution < -0.4 is 5.32 Å². The smallest absolute Gasteiger partial charge is 0.0615 e. The number of ether oxygens (including phenoxy) is 1. The maximum absolute atomic E-state index is 5.37. The van der Waals surface area contributed by atoms with Gasteiger partial charge in [-0.3, -0.25) is 4.90 Å². The molecular weight excluding hydrogens is 260 g/mol. The van der Waals surface area contributed by atoms with Crippen LogP contribution in [0.3, 0.4) is 0 Å². The van der Waals surface area contributed by atoms with E-state index in [-0.39, 0.29) is 0 Å². The highest BCUT2D eigenvalue weighted by Gasteiger charge is 2.37. The van der Waals surface area contributed by atoms with Gasteiger partial charge in [-0.1, -0.05) is 40.5 Å². The highest BCUT2D eigenvalue weighted by Crippen LogP contribution is 2.40. The molecule has 21 heavy (non-hydrogen) atoms. The third kappa shape index (κ3) is 6.25. The fourth-order valence-electron chi connectivity index (χ4n) is 3.91. The predicted molar refractivity (Wildman–Crippen MR) is 91.8 cm³/mol. The zero-order chi connectivity index (χ0) is 15.9. The van der Waals surface area contributed by atoms with Crippen molar-refractivity contribution in [2.24, 2.45) is 11.3 Å². The van der Waals surface area contributed by atoms with Crippen molar-refractivity contribution < 1.29 is 4.74 Å². The highest BCUT2D eigenvalue weighted by molar-refractivity contribution is 4.91. The quantitative estimate of drug-likeness (QED) is 0.704. The first-order valence-electron chi connectivity index (χ1n) is 8.89. The molecule has 3 unspecified atom stereocenters. The molecule has 3 nitrogen and oxygen atoms in total. The van der Waals surface area contributed by atoms with E-state index in [4.69, 9.17) is 4.74 Å². The molecule has 0 heterocycles. The first-order valence-corrected chi connectivity index (χ1v) is 8.89. The van der Waals surface area contributed by atoms with Crippen LogP contribution in [0.5, 0.6) is 0 Å². The van der Waals surface area contributed by atoms with E-state index in [0.29, 0.717) is 17.5 Å². The normalized spacial score (nSPS) is 28.3. The second kappa shape index (κ2) is 9.12. The maximum Gasteiger partial charge on any atom is 0.0615 e. The molecule has 0 aromatic carbocycles. The Morgan fingerprint density at radius 3 is 2.57 bits per heavy atom. The van der Waals surface area contributed by atoms with Crippen molar-refractivity contribution in [2.75, 3.05) is 33.4 Å². The number of hydrogen-bond donors (Lipinski definition) is 1. The average molecular weight is 299 g/mol. The molecule has 0 radical (unpaired) electrons. The first-order chi connectivity index (χ1) is 9.92. The van der Waals surface area contributed by atoms with Crippen molar-refractivity contribution in [3.63, 3.8) is 0 Å². The molecule has 3 atom stereocenters. The Hall–Kier alpha value is -0.120. The van der Waals surface area contributed by atoms with Crippen LogP contribution in [-0.2, 0) is 4.74 Å². The van der Waals surface area contributed by atoms with Crippen LogP contribution in [0.2, 0.25) is 0 Å². The molecule has 1 N–H and O–H groups in total. The topological polar surface area (TPSA) is 24.5 Å². The van der Waals surface area contributed by atoms with E-state index in [2.05, 4.69) is 44.8 Å². The summed E-state index contributed by atoms with van der Waals surface area (Å²) in [4.78, 5) is 2.61. The Kier molecular flexibility index (Phi) is 8.22. The number of nitrogens with zero attached hydrogens (tertiary/aromatic N) is 1. The Morgan fingerprint density at radius 1 is 1.33 bits per heavy atom. The number of rotatable bonds is 9. The molecule has 1 aliphatic rings. The zero-order valence-corrected chi connectivity index (χ0v) is 15.2. The van der Waals surface area contributed by atoms with E-state index >= 15 is 0 Å². The summed E-state index contributed by atoms with van der Waals surface area (Å²) in [6.07, 6.45) is 5.52. The fourth-order valence-corrected chi connectivity index (χ4v) is 3.91. The molecule has 0 bridgehead atoms. The van der Waals surface area contributed by atoms with Gasteiger partial charge in [0, 0.05) is 32.3 Å². The van der Waals surface area contributed by atoms with Crippen LogP contribution in [0.15, 0.2) is 0 Å². The predicted octanol–water partition coefficient (Wildman–Crippen LogP) is 3.54. The summed E-state index contributed by atoms with van der Waals surface area (Å²) in [5.41, 5.74) is 0.444. The Morgan fingerprint density at radius 2 is 2.05 bits per heavy atom. The largest absolute Gasteiger partial charge is 0.383 e. The average Bonchev–Trinajstić information content (AvgIpc) is 2.43. The molecule has 0 aromatic heterocycles. The summed E-state index contributed by atoms with van der Waals surface area (Å²) in [5, 5.41) is 3.72. The van der Waals surface area contributed by atoms with Crippen molar-refractivity contribution in [2.45, 2.75) is 72.4 Å². The van der Waals surface area contributed by atoms with Gasteiger partial charge in [0.05, 0.1) is 6.61 Å². The van der Waals surface area contributed by atoms with Crippen molar-refractivity contribution >= 4 is 0 Å². The van der Waals surface area contributed by atoms with Gasteiger partial charge in [0.15, 0.2) is 0 Å². The minimum atomic E-state index is 0.444. The van der Waals surface area contributed by atoms with Crippen LogP contribution in [0.25, 0.3) is 0 Å². The van der Waals surface area contributed by atoms with Gasteiger partial charge >= 0.3 is 0 Å². The van der Waals surface area contributed by atoms with Crippen molar-refractivity contribution in [3.05, 3.63) is 0 Å². The fraction of sp³-hybridized carbons (Fsp3) is 1.00. The number of methoxy groups -OCH3 is 1. The van der Waals surface area contributed by atoms with Crippen molar-refractivity contribution in [1.29, 1.82) is 0 Å². The Labute approximate surface area is 132 Å². The van der Waals surface area contributed by atoms with Gasteiger partial charge in [-0.25, -0.2) is 0 Å². The summed E-state index contributed by atoms with van der Waals surface area (Å²) < 4.78 is 5.37. The first kappa shape index (κ1) is 18.9. The lowest BCUT2D eigenvalue weighted by molar-refractivity contribution is 0.0367. The minimum absolute atomic E-state index is 0.444. The molecule has 1 saturated carbocycles. The van der Waals surface area contributed by atoms with Crippen LogP contribution >= 0.6 is 0 Å². The highest BCUT2D eigenvalue weighted by atomic mass is 16.5. The molecule has 0 aliphatic heterocycles. The lowest BCUT2D eigenvalue weighted by Crippen LogP contribution is -2.50. The van der Waals surface area contributed by atoms with Crippen LogP contribution in [-0.4, -0.2) is 50.3 Å².